The fourth-order valence-electron chi connectivity index (χ4n) is 9.15. The highest BCUT2D eigenvalue weighted by Crippen LogP contribution is 2.60. The summed E-state index contributed by atoms with van der Waals surface area (Å²) in [6.45, 7) is 2.75. The molecule has 3 fully saturated rings. The van der Waals surface area contributed by atoms with Crippen LogP contribution in [0, 0.1) is 35.3 Å². The highest BCUT2D eigenvalue weighted by atomic mass is 19.4. The summed E-state index contributed by atoms with van der Waals surface area (Å²) in [5.74, 6) is -0.508. The Morgan fingerprint density at radius 1 is 1.07 bits per heavy atom. The minimum atomic E-state index is -4.41. The second-order valence-electron chi connectivity index (χ2n) is 15.6. The summed E-state index contributed by atoms with van der Waals surface area (Å²) in [7, 11) is 6.79. The summed E-state index contributed by atoms with van der Waals surface area (Å²) in [5.41, 5.74) is -1.23. The Kier molecular flexibility index (Phi) is 9.29. The van der Waals surface area contributed by atoms with Crippen LogP contribution in [-0.4, -0.2) is 114 Å². The Morgan fingerprint density at radius 2 is 1.82 bits per heavy atom. The number of alkyl halides is 3. The van der Waals surface area contributed by atoms with E-state index in [2.05, 4.69) is 25.8 Å². The van der Waals surface area contributed by atoms with Gasteiger partial charge in [-0.1, -0.05) is 12.0 Å². The second kappa shape index (κ2) is 13.8. The number of aromatic nitrogens is 4. The summed E-state index contributed by atoms with van der Waals surface area (Å²) in [4.78, 5) is 15.8. The molecule has 2 aliphatic heterocycles. The van der Waals surface area contributed by atoms with E-state index in [0.717, 1.165) is 38.9 Å². The van der Waals surface area contributed by atoms with E-state index in [-0.39, 0.29) is 76.5 Å². The zero-order valence-electron chi connectivity index (χ0n) is 31.1. The van der Waals surface area contributed by atoms with Crippen molar-refractivity contribution in [3.63, 3.8) is 0 Å². The first-order valence-electron chi connectivity index (χ1n) is 18.4. The normalized spacial score (nSPS) is 22.7. The Morgan fingerprint density at radius 3 is 2.47 bits per heavy atom. The Labute approximate surface area is 314 Å². The number of halogens is 5. The topological polar surface area (TPSA) is 92.0 Å². The van der Waals surface area contributed by atoms with Gasteiger partial charge >= 0.3 is 12.2 Å². The molecule has 4 heterocycles. The number of rotatable bonds is 11. The molecule has 1 N–H and O–H groups in total. The number of piperazine rings is 1. The van der Waals surface area contributed by atoms with E-state index in [0.29, 0.717) is 28.6 Å². The molecule has 1 saturated carbocycles. The van der Waals surface area contributed by atoms with Gasteiger partial charge in [-0.25, -0.2) is 8.78 Å². The number of anilines is 1. The number of aryl methyl sites for hydroxylation is 1. The van der Waals surface area contributed by atoms with Crippen LogP contribution in [-0.2, 0) is 11.8 Å². The molecule has 2 aromatic heterocycles. The summed E-state index contributed by atoms with van der Waals surface area (Å²) < 4.78 is 88.0. The number of terminal acetylenes is 1. The molecular weight excluding hydrogens is 721 g/mol. The number of ether oxygens (including phenoxy) is 2. The lowest BCUT2D eigenvalue weighted by atomic mass is 9.91. The summed E-state index contributed by atoms with van der Waals surface area (Å²) >= 11 is 0. The third-order valence-electron chi connectivity index (χ3n) is 11.4. The molecule has 290 valence electrons. The van der Waals surface area contributed by atoms with Gasteiger partial charge in [0.15, 0.2) is 5.82 Å². The van der Waals surface area contributed by atoms with Gasteiger partial charge in [0, 0.05) is 87.0 Å². The van der Waals surface area contributed by atoms with Gasteiger partial charge in [-0.2, -0.15) is 28.2 Å². The number of methoxy groups -OCH3 is 1. The average molecular weight is 764 g/mol. The van der Waals surface area contributed by atoms with Crippen LogP contribution >= 0.6 is 0 Å². The Bertz CT molecular complexity index is 2340. The minimum Gasteiger partial charge on any atom is -0.508 e. The molecule has 3 aromatic carbocycles. The number of nitrogens with zero attached hydrogens (tertiary/aromatic N) is 7. The van der Waals surface area contributed by atoms with Crippen molar-refractivity contribution < 1.29 is 36.5 Å². The van der Waals surface area contributed by atoms with Gasteiger partial charge in [0.25, 0.3) is 0 Å². The fourth-order valence-corrected chi connectivity index (χ4v) is 9.15. The Balaban J connectivity index is 1.34. The van der Waals surface area contributed by atoms with E-state index in [4.69, 9.17) is 20.9 Å². The maximum Gasteiger partial charge on any atom is 0.392 e. The molecule has 4 atom stereocenters. The SMILES string of the molecule is C#Cc1c(F)ccc2cc(O)cc(-c3c(F)c4nc(OC[C@]5(CN(C)C)C[C@@H]5C(F)(F)F)nc(N5[C@@H]6CC[C@H]5CN(CCCOC)C6)c4c4cn(C)nc34)c12. The highest BCUT2D eigenvalue weighted by molar-refractivity contribution is 6.18. The van der Waals surface area contributed by atoms with Crippen LogP contribution in [0.25, 0.3) is 43.7 Å². The van der Waals surface area contributed by atoms with Gasteiger partial charge in [0.2, 0.25) is 0 Å². The van der Waals surface area contributed by atoms with E-state index in [1.165, 1.54) is 28.9 Å². The number of phenols is 1. The number of fused-ring (bicyclic) bond motifs is 6. The lowest BCUT2D eigenvalue weighted by molar-refractivity contribution is -0.158. The second-order valence-corrected chi connectivity index (χ2v) is 15.6. The molecule has 0 unspecified atom stereocenters. The number of hydrogen-bond donors (Lipinski definition) is 1. The Hall–Kier alpha value is -4.78. The maximum absolute atomic E-state index is 17.7. The zero-order chi connectivity index (χ0) is 39.0. The fraction of sp³-hybridized carbons (Fsp3) is 0.475. The quantitative estimate of drug-likeness (QED) is 0.0921. The van der Waals surface area contributed by atoms with Gasteiger partial charge < -0.3 is 24.4 Å². The van der Waals surface area contributed by atoms with Crippen molar-refractivity contribution in [2.75, 3.05) is 65.5 Å². The smallest absolute Gasteiger partial charge is 0.392 e. The summed E-state index contributed by atoms with van der Waals surface area (Å²) in [6, 6.07) is 5.15. The predicted octanol–water partition coefficient (Wildman–Crippen LogP) is 6.50. The van der Waals surface area contributed by atoms with Crippen LogP contribution in [0.4, 0.5) is 27.8 Å². The monoisotopic (exact) mass is 763 g/mol. The molecule has 1 aliphatic carbocycles. The molecule has 2 saturated heterocycles. The van der Waals surface area contributed by atoms with Crippen molar-refractivity contribution >= 4 is 38.4 Å². The summed E-state index contributed by atoms with van der Waals surface area (Å²) in [5, 5.41) is 17.0. The van der Waals surface area contributed by atoms with Crippen molar-refractivity contribution in [2.45, 2.75) is 43.9 Å². The molecule has 55 heavy (non-hydrogen) atoms. The molecule has 8 rings (SSSR count). The standard InChI is InChI=1S/C40H42F5N7O3/c1-6-26-29(41)11-8-22-14-25(53)15-27(31(22)26)32-34(42)36-33(28-19-50(4)48-35(28)32)37(52-23-9-10-24(52)18-51(17-23)12-7-13-54-5)47-38(46-36)55-21-39(20-49(2)3)16-30(39)40(43,44)45/h1,8,11,14-15,19,23-24,30,53H,7,9-10,12-13,16-18,20-21H2,2-5H3/t23-,24+,30-,39+/m0/s1. The van der Waals surface area contributed by atoms with Gasteiger partial charge in [0.05, 0.1) is 23.5 Å². The van der Waals surface area contributed by atoms with Crippen LogP contribution in [0.15, 0.2) is 30.5 Å². The van der Waals surface area contributed by atoms with Crippen molar-refractivity contribution in [2.24, 2.45) is 18.4 Å². The molecule has 15 heteroatoms. The third-order valence-corrected chi connectivity index (χ3v) is 11.4. The minimum absolute atomic E-state index is 0.0102. The summed E-state index contributed by atoms with van der Waals surface area (Å²) in [6.07, 6.45) is 5.59. The van der Waals surface area contributed by atoms with Crippen LogP contribution in [0.2, 0.25) is 0 Å². The van der Waals surface area contributed by atoms with E-state index in [9.17, 15) is 18.3 Å². The van der Waals surface area contributed by atoms with Gasteiger partial charge in [-0.05, 0) is 68.9 Å². The predicted molar refractivity (Wildman–Crippen MR) is 199 cm³/mol. The molecule has 0 radical (unpaired) electrons. The molecular formula is C40H42F5N7O3. The molecule has 0 spiro atoms. The first kappa shape index (κ1) is 37.2. The molecule has 2 bridgehead atoms. The van der Waals surface area contributed by atoms with Crippen molar-refractivity contribution in [3.8, 4) is 35.2 Å². The van der Waals surface area contributed by atoms with Crippen LogP contribution in [0.5, 0.6) is 11.8 Å². The van der Waals surface area contributed by atoms with E-state index >= 15 is 8.78 Å². The first-order valence-corrected chi connectivity index (χ1v) is 18.4. The van der Waals surface area contributed by atoms with E-state index in [1.54, 1.807) is 39.3 Å². The van der Waals surface area contributed by atoms with Gasteiger partial charge in [-0.3, -0.25) is 9.58 Å². The molecule has 10 nitrogen and oxygen atoms in total. The average Bonchev–Trinajstić information content (AvgIpc) is 3.62. The first-order chi connectivity index (χ1) is 26.2. The van der Waals surface area contributed by atoms with Crippen molar-refractivity contribution in [3.05, 3.63) is 47.7 Å². The third kappa shape index (κ3) is 6.47. The number of benzene rings is 3. The lowest BCUT2D eigenvalue weighted by Crippen LogP contribution is -2.54. The number of likely N-dealkylation sites (tertiary alicyclic amines) is 1. The highest BCUT2D eigenvalue weighted by Gasteiger charge is 2.67. The lowest BCUT2D eigenvalue weighted by Gasteiger charge is -2.42. The molecule has 5 aromatic rings. The largest absolute Gasteiger partial charge is 0.508 e. The van der Waals surface area contributed by atoms with Crippen molar-refractivity contribution in [1.82, 2.24) is 29.5 Å². The van der Waals surface area contributed by atoms with Gasteiger partial charge in [0.1, 0.15) is 28.4 Å². The van der Waals surface area contributed by atoms with Gasteiger partial charge in [-0.15, -0.1) is 6.42 Å². The van der Waals surface area contributed by atoms with Crippen LogP contribution in [0.3, 0.4) is 0 Å². The zero-order valence-corrected chi connectivity index (χ0v) is 31.1. The van der Waals surface area contributed by atoms with Crippen LogP contribution < -0.4 is 9.64 Å². The molecule has 3 aliphatic rings. The van der Waals surface area contributed by atoms with E-state index in [1.807, 2.05) is 0 Å². The molecule has 0 amide bonds. The number of hydrogen-bond acceptors (Lipinski definition) is 9. The van der Waals surface area contributed by atoms with Crippen molar-refractivity contribution in [1.29, 1.82) is 0 Å². The number of phenolic OH excluding ortho intramolecular Hbond substituents is 1. The van der Waals surface area contributed by atoms with E-state index < -0.39 is 29.1 Å². The van der Waals surface area contributed by atoms with Crippen LogP contribution in [0.1, 0.15) is 31.2 Å². The maximum atomic E-state index is 17.7. The number of aromatic hydroxyl groups is 1.